The SMILES string of the molecule is C=CC(c1ccccc1)c1cc(Cl)ccc1OC(=O)C(Cl)(Cl)Cl. The lowest BCUT2D eigenvalue weighted by molar-refractivity contribution is -0.133. The quantitative estimate of drug-likeness (QED) is 0.280. The van der Waals surface area contributed by atoms with Gasteiger partial charge in [0, 0.05) is 16.5 Å². The van der Waals surface area contributed by atoms with Crippen molar-refractivity contribution in [3.8, 4) is 5.75 Å². The summed E-state index contributed by atoms with van der Waals surface area (Å²) in [4.78, 5) is 11.8. The van der Waals surface area contributed by atoms with E-state index in [9.17, 15) is 4.79 Å². The third-order valence-electron chi connectivity index (χ3n) is 3.14. The fourth-order valence-corrected chi connectivity index (χ4v) is 2.41. The van der Waals surface area contributed by atoms with Crippen LogP contribution in [0.5, 0.6) is 5.75 Å². The summed E-state index contributed by atoms with van der Waals surface area (Å²) in [5.74, 6) is -0.950. The van der Waals surface area contributed by atoms with Gasteiger partial charge in [-0.2, -0.15) is 0 Å². The van der Waals surface area contributed by atoms with Crippen LogP contribution in [0.1, 0.15) is 17.0 Å². The lowest BCUT2D eigenvalue weighted by Gasteiger charge is -2.19. The molecular weight excluding hydrogens is 378 g/mol. The summed E-state index contributed by atoms with van der Waals surface area (Å²) in [5, 5.41) is 0.497. The fourth-order valence-electron chi connectivity index (χ4n) is 2.12. The maximum Gasteiger partial charge on any atom is 0.363 e. The first-order chi connectivity index (χ1) is 10.8. The van der Waals surface area contributed by atoms with Gasteiger partial charge in [-0.3, -0.25) is 0 Å². The zero-order valence-corrected chi connectivity index (χ0v) is 14.8. The van der Waals surface area contributed by atoms with E-state index in [0.717, 1.165) is 5.56 Å². The molecule has 0 fully saturated rings. The molecule has 0 aromatic heterocycles. The highest BCUT2D eigenvalue weighted by molar-refractivity contribution is 6.75. The second-order valence-corrected chi connectivity index (χ2v) is 7.41. The highest BCUT2D eigenvalue weighted by atomic mass is 35.6. The smallest absolute Gasteiger partial charge is 0.363 e. The van der Waals surface area contributed by atoms with E-state index in [0.29, 0.717) is 10.6 Å². The summed E-state index contributed by atoms with van der Waals surface area (Å²) in [5.41, 5.74) is 1.62. The Bertz CT molecular complexity index is 708. The lowest BCUT2D eigenvalue weighted by Crippen LogP contribution is -2.25. The number of hydrogen-bond donors (Lipinski definition) is 0. The maximum atomic E-state index is 11.8. The molecule has 2 aromatic rings. The first-order valence-electron chi connectivity index (χ1n) is 6.59. The van der Waals surface area contributed by atoms with E-state index < -0.39 is 9.76 Å². The molecule has 0 saturated heterocycles. The van der Waals surface area contributed by atoms with Crippen molar-refractivity contribution in [2.75, 3.05) is 0 Å². The van der Waals surface area contributed by atoms with Gasteiger partial charge in [-0.15, -0.1) is 6.58 Å². The Morgan fingerprint density at radius 3 is 2.35 bits per heavy atom. The Labute approximate surface area is 154 Å². The molecule has 0 aliphatic carbocycles. The van der Waals surface area contributed by atoms with Gasteiger partial charge < -0.3 is 4.74 Å². The van der Waals surface area contributed by atoms with E-state index >= 15 is 0 Å². The molecule has 0 aliphatic rings. The van der Waals surface area contributed by atoms with Crippen LogP contribution in [0.4, 0.5) is 0 Å². The van der Waals surface area contributed by atoms with Crippen molar-refractivity contribution in [1.29, 1.82) is 0 Å². The van der Waals surface area contributed by atoms with Gasteiger partial charge in [0.05, 0.1) is 0 Å². The van der Waals surface area contributed by atoms with Crippen LogP contribution in [-0.4, -0.2) is 9.76 Å². The van der Waals surface area contributed by atoms with E-state index in [4.69, 9.17) is 51.1 Å². The number of ether oxygens (including phenoxy) is 1. The number of rotatable bonds is 4. The second-order valence-electron chi connectivity index (χ2n) is 4.69. The fraction of sp³-hybridized carbons (Fsp3) is 0.118. The third-order valence-corrected chi connectivity index (χ3v) is 3.83. The standard InChI is InChI=1S/C17H12Cl4O2/c1-2-13(11-6-4-3-5-7-11)14-10-12(18)8-9-15(14)23-16(22)17(19,20)21/h2-10,13H,1H2. The predicted octanol–water partition coefficient (Wildman–Crippen LogP) is 5.93. The number of alkyl halides is 3. The number of allylic oxidation sites excluding steroid dienone is 1. The third kappa shape index (κ3) is 4.65. The number of benzene rings is 2. The minimum Gasteiger partial charge on any atom is -0.423 e. The molecule has 1 atom stereocenters. The minimum atomic E-state index is -2.16. The molecule has 1 unspecified atom stereocenters. The van der Waals surface area contributed by atoms with Crippen molar-refractivity contribution in [2.24, 2.45) is 0 Å². The maximum absolute atomic E-state index is 11.8. The summed E-state index contributed by atoms with van der Waals surface area (Å²) < 4.78 is 3.07. The normalized spacial score (nSPS) is 12.5. The lowest BCUT2D eigenvalue weighted by atomic mass is 9.91. The molecule has 2 aromatic carbocycles. The van der Waals surface area contributed by atoms with Gasteiger partial charge in [0.15, 0.2) is 0 Å². The van der Waals surface area contributed by atoms with Gasteiger partial charge in [-0.25, -0.2) is 4.79 Å². The number of esters is 1. The average Bonchev–Trinajstić information content (AvgIpc) is 2.50. The van der Waals surface area contributed by atoms with Crippen molar-refractivity contribution < 1.29 is 9.53 Å². The molecule has 0 heterocycles. The molecule has 120 valence electrons. The Balaban J connectivity index is 2.46. The first kappa shape index (κ1) is 18.2. The van der Waals surface area contributed by atoms with Gasteiger partial charge in [0.2, 0.25) is 0 Å². The van der Waals surface area contributed by atoms with Crippen molar-refractivity contribution in [1.82, 2.24) is 0 Å². The molecule has 6 heteroatoms. The molecular formula is C17H12Cl4O2. The molecule has 0 aliphatic heterocycles. The van der Waals surface area contributed by atoms with Crippen LogP contribution in [-0.2, 0) is 4.79 Å². The zero-order chi connectivity index (χ0) is 17.0. The molecule has 0 bridgehead atoms. The molecule has 0 amide bonds. The molecule has 23 heavy (non-hydrogen) atoms. The Kier molecular flexibility index (Phi) is 5.99. The molecule has 2 rings (SSSR count). The topological polar surface area (TPSA) is 26.3 Å². The van der Waals surface area contributed by atoms with E-state index in [2.05, 4.69) is 6.58 Å². The van der Waals surface area contributed by atoms with Crippen LogP contribution in [0, 0.1) is 0 Å². The summed E-state index contributed by atoms with van der Waals surface area (Å²) in [6.45, 7) is 3.85. The van der Waals surface area contributed by atoms with E-state index in [1.807, 2.05) is 30.3 Å². The number of hydrogen-bond acceptors (Lipinski definition) is 2. The van der Waals surface area contributed by atoms with Crippen LogP contribution < -0.4 is 4.74 Å². The van der Waals surface area contributed by atoms with Crippen molar-refractivity contribution in [2.45, 2.75) is 9.71 Å². The van der Waals surface area contributed by atoms with Gasteiger partial charge in [0.1, 0.15) is 5.75 Å². The summed E-state index contributed by atoms with van der Waals surface area (Å²) in [6.07, 6.45) is 1.73. The Morgan fingerprint density at radius 1 is 1.13 bits per heavy atom. The predicted molar refractivity (Wildman–Crippen MR) is 95.9 cm³/mol. The monoisotopic (exact) mass is 388 g/mol. The Hall–Kier alpha value is -1.19. The highest BCUT2D eigenvalue weighted by Crippen LogP contribution is 2.36. The van der Waals surface area contributed by atoms with Crippen LogP contribution in [0.15, 0.2) is 61.2 Å². The van der Waals surface area contributed by atoms with E-state index in [1.165, 1.54) is 0 Å². The number of carbonyl (C=O) groups is 1. The van der Waals surface area contributed by atoms with Gasteiger partial charge in [-0.1, -0.05) is 82.8 Å². The summed E-state index contributed by atoms with van der Waals surface area (Å²) in [6, 6.07) is 14.4. The molecule has 0 spiro atoms. The molecule has 0 radical (unpaired) electrons. The van der Waals surface area contributed by atoms with Crippen molar-refractivity contribution in [3.63, 3.8) is 0 Å². The van der Waals surface area contributed by atoms with E-state index in [-0.39, 0.29) is 11.7 Å². The largest absolute Gasteiger partial charge is 0.423 e. The zero-order valence-electron chi connectivity index (χ0n) is 11.8. The van der Waals surface area contributed by atoms with E-state index in [1.54, 1.807) is 24.3 Å². The highest BCUT2D eigenvalue weighted by Gasteiger charge is 2.34. The van der Waals surface area contributed by atoms with Crippen LogP contribution in [0.25, 0.3) is 0 Å². The molecule has 0 saturated carbocycles. The first-order valence-corrected chi connectivity index (χ1v) is 8.10. The van der Waals surface area contributed by atoms with Crippen LogP contribution >= 0.6 is 46.4 Å². The second kappa shape index (κ2) is 7.59. The van der Waals surface area contributed by atoms with Crippen molar-refractivity contribution >= 4 is 52.4 Å². The summed E-state index contributed by atoms with van der Waals surface area (Å²) >= 11 is 22.8. The number of halogens is 4. The van der Waals surface area contributed by atoms with Crippen molar-refractivity contribution in [3.05, 3.63) is 77.3 Å². The van der Waals surface area contributed by atoms with Gasteiger partial charge in [0.25, 0.3) is 3.79 Å². The summed E-state index contributed by atoms with van der Waals surface area (Å²) in [7, 11) is 0. The molecule has 0 N–H and O–H groups in total. The average molecular weight is 390 g/mol. The van der Waals surface area contributed by atoms with Gasteiger partial charge in [-0.05, 0) is 23.8 Å². The van der Waals surface area contributed by atoms with Gasteiger partial charge >= 0.3 is 5.97 Å². The minimum absolute atomic E-state index is 0.229. The Morgan fingerprint density at radius 2 is 1.78 bits per heavy atom. The van der Waals surface area contributed by atoms with Crippen LogP contribution in [0.3, 0.4) is 0 Å². The van der Waals surface area contributed by atoms with Crippen LogP contribution in [0.2, 0.25) is 5.02 Å². The number of carbonyl (C=O) groups excluding carboxylic acids is 1. The molecule has 2 nitrogen and oxygen atoms in total.